The van der Waals surface area contributed by atoms with Crippen LogP contribution in [0.3, 0.4) is 0 Å². The number of nitrogens with one attached hydrogen (secondary N) is 2. The van der Waals surface area contributed by atoms with Crippen LogP contribution in [0.15, 0.2) is 59.5 Å². The van der Waals surface area contributed by atoms with Gasteiger partial charge in [0.1, 0.15) is 0 Å². The first kappa shape index (κ1) is 21.6. The van der Waals surface area contributed by atoms with Gasteiger partial charge in [0.15, 0.2) is 0 Å². The molecule has 0 unspecified atom stereocenters. The van der Waals surface area contributed by atoms with E-state index in [0.29, 0.717) is 23.1 Å². The molecule has 156 valence electrons. The van der Waals surface area contributed by atoms with E-state index in [4.69, 9.17) is 0 Å². The number of nitrogens with zero attached hydrogens (tertiary/aromatic N) is 1. The Labute approximate surface area is 178 Å². The third kappa shape index (κ3) is 4.91. The third-order valence-corrected chi connectivity index (χ3v) is 7.14. The highest BCUT2D eigenvalue weighted by molar-refractivity contribution is 7.92. The van der Waals surface area contributed by atoms with Gasteiger partial charge >= 0.3 is 0 Å². The molecule has 2 aromatic carbocycles. The van der Waals surface area contributed by atoms with Gasteiger partial charge < -0.3 is 10.2 Å². The monoisotopic (exact) mass is 435 g/mol. The van der Waals surface area contributed by atoms with Crippen molar-refractivity contribution < 1.29 is 13.2 Å². The summed E-state index contributed by atoms with van der Waals surface area (Å²) in [6, 6.07) is 14.9. The molecule has 2 heterocycles. The Balaban J connectivity index is 0.00000240. The molecule has 0 spiro atoms. The predicted molar refractivity (Wildman–Crippen MR) is 116 cm³/mol. The number of hydrogen-bond acceptors (Lipinski definition) is 4. The Morgan fingerprint density at radius 1 is 0.931 bits per heavy atom. The molecule has 29 heavy (non-hydrogen) atoms. The third-order valence-electron chi connectivity index (χ3n) is 5.74. The van der Waals surface area contributed by atoms with Gasteiger partial charge in [0.05, 0.1) is 4.90 Å². The lowest BCUT2D eigenvalue weighted by Gasteiger charge is -2.21. The number of rotatable bonds is 4. The zero-order valence-corrected chi connectivity index (χ0v) is 17.7. The van der Waals surface area contributed by atoms with Crippen molar-refractivity contribution in [3.8, 4) is 0 Å². The summed E-state index contributed by atoms with van der Waals surface area (Å²) >= 11 is 0. The molecule has 0 aliphatic carbocycles. The lowest BCUT2D eigenvalue weighted by Crippen LogP contribution is -2.32. The number of halogens is 1. The minimum Gasteiger partial charge on any atom is -0.339 e. The lowest BCUT2D eigenvalue weighted by molar-refractivity contribution is 0.0758. The van der Waals surface area contributed by atoms with Gasteiger partial charge in [-0.2, -0.15) is 0 Å². The summed E-state index contributed by atoms with van der Waals surface area (Å²) in [6.07, 6.45) is 2.08. The van der Waals surface area contributed by atoms with E-state index in [9.17, 15) is 13.2 Å². The zero-order valence-electron chi connectivity index (χ0n) is 16.1. The van der Waals surface area contributed by atoms with Crippen LogP contribution in [0.5, 0.6) is 0 Å². The predicted octanol–water partition coefficient (Wildman–Crippen LogP) is 2.98. The standard InChI is InChI=1S/C21H25N3O3S.ClH/c25-21(24-12-10-17-14-22-15-18(17)11-13-24)16-6-8-19(9-7-16)23-28(26,27)20-4-2-1-3-5-20;/h1-9,17-18,22-23H,10-15H2;1H/t17-,18+;. The first-order valence-electron chi connectivity index (χ1n) is 9.71. The Bertz CT molecular complexity index is 921. The zero-order chi connectivity index (χ0) is 19.6. The quantitative estimate of drug-likeness (QED) is 0.773. The Hall–Kier alpha value is -2.09. The van der Waals surface area contributed by atoms with Gasteiger partial charge in [0.2, 0.25) is 0 Å². The number of carbonyl (C=O) groups is 1. The normalized spacial score (nSPS) is 21.6. The van der Waals surface area contributed by atoms with Crippen LogP contribution >= 0.6 is 12.4 Å². The fraction of sp³-hybridized carbons (Fsp3) is 0.381. The van der Waals surface area contributed by atoms with E-state index in [1.165, 1.54) is 0 Å². The van der Waals surface area contributed by atoms with Crippen molar-refractivity contribution in [3.63, 3.8) is 0 Å². The smallest absolute Gasteiger partial charge is 0.261 e. The van der Waals surface area contributed by atoms with Gasteiger partial charge in [0.25, 0.3) is 15.9 Å². The van der Waals surface area contributed by atoms with E-state index in [1.807, 2.05) is 4.90 Å². The number of fused-ring (bicyclic) bond motifs is 1. The van der Waals surface area contributed by atoms with Crippen molar-refractivity contribution in [3.05, 3.63) is 60.2 Å². The Kier molecular flexibility index (Phi) is 6.82. The average molecular weight is 436 g/mol. The van der Waals surface area contributed by atoms with E-state index in [1.54, 1.807) is 54.6 Å². The molecule has 2 aromatic rings. The maximum atomic E-state index is 12.9. The van der Waals surface area contributed by atoms with Crippen LogP contribution in [0.2, 0.25) is 0 Å². The highest BCUT2D eigenvalue weighted by Gasteiger charge is 2.31. The second-order valence-corrected chi connectivity index (χ2v) is 9.23. The number of anilines is 1. The summed E-state index contributed by atoms with van der Waals surface area (Å²) in [7, 11) is -3.63. The molecule has 0 bridgehead atoms. The van der Waals surface area contributed by atoms with Crippen molar-refractivity contribution >= 4 is 34.0 Å². The number of sulfonamides is 1. The second-order valence-electron chi connectivity index (χ2n) is 7.54. The van der Waals surface area contributed by atoms with Gasteiger partial charge in [-0.25, -0.2) is 8.42 Å². The highest BCUT2D eigenvalue weighted by Crippen LogP contribution is 2.28. The lowest BCUT2D eigenvalue weighted by atomic mass is 9.92. The number of hydrogen-bond donors (Lipinski definition) is 2. The van der Waals surface area contributed by atoms with Crippen molar-refractivity contribution in [1.82, 2.24) is 10.2 Å². The van der Waals surface area contributed by atoms with Crippen LogP contribution < -0.4 is 10.0 Å². The first-order chi connectivity index (χ1) is 13.5. The van der Waals surface area contributed by atoms with Crippen LogP contribution in [0.4, 0.5) is 5.69 Å². The molecule has 6 nitrogen and oxygen atoms in total. The van der Waals surface area contributed by atoms with Crippen molar-refractivity contribution in [2.75, 3.05) is 30.9 Å². The molecule has 0 aromatic heterocycles. The maximum Gasteiger partial charge on any atom is 0.261 e. The first-order valence-corrected chi connectivity index (χ1v) is 11.2. The molecule has 2 aliphatic rings. The fourth-order valence-corrected chi connectivity index (χ4v) is 5.18. The molecule has 0 radical (unpaired) electrons. The summed E-state index contributed by atoms with van der Waals surface area (Å²) in [6.45, 7) is 3.68. The molecule has 4 rings (SSSR count). The van der Waals surface area contributed by atoms with E-state index >= 15 is 0 Å². The van der Waals surface area contributed by atoms with Gasteiger partial charge in [-0.15, -0.1) is 12.4 Å². The Morgan fingerprint density at radius 2 is 1.52 bits per heavy atom. The van der Waals surface area contributed by atoms with E-state index < -0.39 is 10.0 Å². The van der Waals surface area contributed by atoms with Crippen molar-refractivity contribution in [2.24, 2.45) is 11.8 Å². The number of carbonyl (C=O) groups excluding carboxylic acids is 1. The molecular formula is C21H26ClN3O3S. The van der Waals surface area contributed by atoms with Gasteiger partial charge in [0, 0.05) is 24.3 Å². The van der Waals surface area contributed by atoms with Crippen LogP contribution in [0, 0.1) is 11.8 Å². The van der Waals surface area contributed by atoms with Crippen molar-refractivity contribution in [2.45, 2.75) is 17.7 Å². The molecule has 0 saturated carbocycles. The summed E-state index contributed by atoms with van der Waals surface area (Å²) in [5.41, 5.74) is 1.03. The van der Waals surface area contributed by atoms with Gasteiger partial charge in [-0.05, 0) is 74.2 Å². The van der Waals surface area contributed by atoms with Crippen LogP contribution in [0.1, 0.15) is 23.2 Å². The number of amides is 1. The van der Waals surface area contributed by atoms with Crippen LogP contribution in [0.25, 0.3) is 0 Å². The number of benzene rings is 2. The summed E-state index contributed by atoms with van der Waals surface area (Å²) in [5, 5.41) is 3.44. The van der Waals surface area contributed by atoms with E-state index in [-0.39, 0.29) is 23.2 Å². The van der Waals surface area contributed by atoms with E-state index in [0.717, 1.165) is 39.0 Å². The number of likely N-dealkylation sites (tertiary alicyclic amines) is 1. The summed E-state index contributed by atoms with van der Waals surface area (Å²) < 4.78 is 27.4. The summed E-state index contributed by atoms with van der Waals surface area (Å²) in [5.74, 6) is 1.37. The van der Waals surface area contributed by atoms with Crippen LogP contribution in [-0.2, 0) is 10.0 Å². The second kappa shape index (κ2) is 9.15. The average Bonchev–Trinajstić information content (AvgIpc) is 3.07. The fourth-order valence-electron chi connectivity index (χ4n) is 4.10. The molecule has 2 atom stereocenters. The summed E-state index contributed by atoms with van der Waals surface area (Å²) in [4.78, 5) is 15.0. The van der Waals surface area contributed by atoms with Gasteiger partial charge in [-0.1, -0.05) is 18.2 Å². The minimum absolute atomic E-state index is 0. The van der Waals surface area contributed by atoms with Gasteiger partial charge in [-0.3, -0.25) is 9.52 Å². The Morgan fingerprint density at radius 3 is 2.10 bits per heavy atom. The highest BCUT2D eigenvalue weighted by atomic mass is 35.5. The maximum absolute atomic E-state index is 12.9. The topological polar surface area (TPSA) is 78.5 Å². The minimum atomic E-state index is -3.63. The van der Waals surface area contributed by atoms with Crippen LogP contribution in [-0.4, -0.2) is 45.4 Å². The molecule has 2 aliphatic heterocycles. The molecule has 1 amide bonds. The molecule has 2 fully saturated rings. The largest absolute Gasteiger partial charge is 0.339 e. The van der Waals surface area contributed by atoms with E-state index in [2.05, 4.69) is 10.0 Å². The molecule has 2 N–H and O–H groups in total. The SMILES string of the molecule is Cl.O=C(c1ccc(NS(=O)(=O)c2ccccc2)cc1)N1CC[C@@H]2CNC[C@@H]2CC1. The molecule has 8 heteroatoms. The molecular weight excluding hydrogens is 410 g/mol. The van der Waals surface area contributed by atoms with Crippen molar-refractivity contribution in [1.29, 1.82) is 0 Å². The molecule has 2 saturated heterocycles.